The summed E-state index contributed by atoms with van der Waals surface area (Å²) in [5, 5.41) is 33.4. The van der Waals surface area contributed by atoms with Gasteiger partial charge in [-0.3, -0.25) is 19.2 Å². The van der Waals surface area contributed by atoms with Gasteiger partial charge in [0.25, 0.3) is 0 Å². The van der Waals surface area contributed by atoms with Crippen LogP contribution in [0.15, 0.2) is 24.3 Å². The Bertz CT molecular complexity index is 514. The lowest BCUT2D eigenvalue weighted by atomic mass is 10.3. The molecule has 10 nitrogen and oxygen atoms in total. The molecule has 0 saturated heterocycles. The molecule has 4 N–H and O–H groups in total. The van der Waals surface area contributed by atoms with E-state index in [-0.39, 0.29) is 37.2 Å². The predicted octanol–water partition coefficient (Wildman–Crippen LogP) is 1.15. The molecule has 0 bridgehead atoms. The molecule has 1 aromatic rings. The first-order chi connectivity index (χ1) is 12.1. The highest BCUT2D eigenvalue weighted by molar-refractivity contribution is 5.76. The molecule has 0 fully saturated rings. The van der Waals surface area contributed by atoms with E-state index in [2.05, 4.69) is 9.47 Å². The van der Waals surface area contributed by atoms with Crippen LogP contribution >= 0.6 is 0 Å². The maximum absolute atomic E-state index is 10.2. The van der Waals surface area contributed by atoms with Crippen molar-refractivity contribution >= 4 is 23.9 Å². The molecule has 1 rings (SSSR count). The largest absolute Gasteiger partial charge is 0.508 e. The van der Waals surface area contributed by atoms with Crippen molar-refractivity contribution in [2.45, 2.75) is 25.7 Å². The van der Waals surface area contributed by atoms with Gasteiger partial charge in [-0.05, 0) is 24.3 Å². The van der Waals surface area contributed by atoms with Crippen LogP contribution in [0.2, 0.25) is 0 Å². The predicted molar refractivity (Wildman–Crippen MR) is 87.5 cm³/mol. The smallest absolute Gasteiger partial charge is 0.306 e. The topological polar surface area (TPSA) is 168 Å². The number of ether oxygens (including phenoxy) is 2. The highest BCUT2D eigenvalue weighted by atomic mass is 16.5. The molecule has 0 amide bonds. The van der Waals surface area contributed by atoms with Crippen molar-refractivity contribution in [3.63, 3.8) is 0 Å². The van der Waals surface area contributed by atoms with Crippen LogP contribution in [0.5, 0.6) is 11.5 Å². The van der Waals surface area contributed by atoms with Gasteiger partial charge in [-0.15, -0.1) is 0 Å². The van der Waals surface area contributed by atoms with Crippen LogP contribution in [0.1, 0.15) is 25.7 Å². The number of carboxylic acids is 2. The summed E-state index contributed by atoms with van der Waals surface area (Å²) in [7, 11) is 2.45. The van der Waals surface area contributed by atoms with E-state index < -0.39 is 23.9 Å². The molecule has 0 saturated carbocycles. The standard InChI is InChI=1S/C6H6O2.2C5H8O4/c7-5-1-2-6(8)4-3-5;2*1-9-5(8)3-2-4(6)7/h1-4,7-8H;2*2-3H2,1H3,(H,6,7). The van der Waals surface area contributed by atoms with Gasteiger partial charge in [0.05, 0.1) is 39.9 Å². The second-order valence-corrected chi connectivity index (χ2v) is 4.46. The molecule has 0 spiro atoms. The van der Waals surface area contributed by atoms with Crippen LogP contribution in [-0.2, 0) is 28.7 Å². The Morgan fingerprint density at radius 1 is 0.692 bits per heavy atom. The van der Waals surface area contributed by atoms with Crippen molar-refractivity contribution in [2.24, 2.45) is 0 Å². The number of rotatable bonds is 6. The number of phenols is 2. The van der Waals surface area contributed by atoms with Crippen LogP contribution in [0.3, 0.4) is 0 Å². The number of esters is 2. The molecule has 146 valence electrons. The summed E-state index contributed by atoms with van der Waals surface area (Å²) in [5.74, 6) is -2.61. The highest BCUT2D eigenvalue weighted by Gasteiger charge is 2.03. The molecule has 0 atom stereocenters. The normalized spacial score (nSPS) is 8.69. The Kier molecular flexibility index (Phi) is 14.6. The molecule has 1 aromatic carbocycles. The van der Waals surface area contributed by atoms with Crippen molar-refractivity contribution in [3.05, 3.63) is 24.3 Å². The van der Waals surface area contributed by atoms with Gasteiger partial charge in [0.2, 0.25) is 0 Å². The quantitative estimate of drug-likeness (QED) is 0.418. The number of carboxylic acid groups (broad SMARTS) is 2. The number of hydrogen-bond donors (Lipinski definition) is 4. The summed E-state index contributed by atoms with van der Waals surface area (Å²) in [6, 6.07) is 5.70. The number of hydrogen-bond acceptors (Lipinski definition) is 8. The van der Waals surface area contributed by atoms with Gasteiger partial charge in [0.1, 0.15) is 11.5 Å². The molecular formula is C16H22O10. The van der Waals surface area contributed by atoms with Crippen LogP contribution in [0.25, 0.3) is 0 Å². The summed E-state index contributed by atoms with van der Waals surface area (Å²) in [5.41, 5.74) is 0. The van der Waals surface area contributed by atoms with Crippen LogP contribution in [0.4, 0.5) is 0 Å². The van der Waals surface area contributed by atoms with E-state index in [0.717, 1.165) is 0 Å². The fourth-order valence-electron chi connectivity index (χ4n) is 1.07. The number of aromatic hydroxyl groups is 2. The van der Waals surface area contributed by atoms with Gasteiger partial charge in [0, 0.05) is 0 Å². The fraction of sp³-hybridized carbons (Fsp3) is 0.375. The Balaban J connectivity index is 0. The van der Waals surface area contributed by atoms with Gasteiger partial charge >= 0.3 is 23.9 Å². The summed E-state index contributed by atoms with van der Waals surface area (Å²) in [6.45, 7) is 0. The lowest BCUT2D eigenvalue weighted by Gasteiger charge is -1.92. The molecular weight excluding hydrogens is 352 g/mol. The molecule has 0 radical (unpaired) electrons. The average Bonchev–Trinajstić information content (AvgIpc) is 2.61. The first kappa shape index (κ1) is 24.9. The summed E-state index contributed by atoms with van der Waals surface area (Å²) < 4.78 is 8.40. The van der Waals surface area contributed by atoms with E-state index >= 15 is 0 Å². The molecule has 0 aliphatic rings. The van der Waals surface area contributed by atoms with Crippen molar-refractivity contribution in [1.29, 1.82) is 0 Å². The molecule has 26 heavy (non-hydrogen) atoms. The maximum Gasteiger partial charge on any atom is 0.306 e. The molecule has 0 aliphatic heterocycles. The minimum absolute atomic E-state index is 0.0498. The lowest BCUT2D eigenvalue weighted by Crippen LogP contribution is -2.04. The number of carbonyl (C=O) groups excluding carboxylic acids is 2. The number of phenolic OH excluding ortho intramolecular Hbond substituents is 2. The van der Waals surface area contributed by atoms with Crippen LogP contribution in [0, 0.1) is 0 Å². The molecule has 0 aliphatic carbocycles. The van der Waals surface area contributed by atoms with E-state index in [1.807, 2.05) is 0 Å². The first-order valence-corrected chi connectivity index (χ1v) is 7.17. The van der Waals surface area contributed by atoms with Crippen molar-refractivity contribution in [2.75, 3.05) is 14.2 Å². The SMILES string of the molecule is COC(=O)CCC(=O)O.COC(=O)CCC(=O)O.Oc1ccc(O)cc1. The first-order valence-electron chi connectivity index (χ1n) is 7.17. The van der Waals surface area contributed by atoms with E-state index in [9.17, 15) is 19.2 Å². The average molecular weight is 374 g/mol. The Labute approximate surface area is 149 Å². The van der Waals surface area contributed by atoms with Crippen LogP contribution in [-0.4, -0.2) is 58.5 Å². The van der Waals surface area contributed by atoms with Crippen molar-refractivity contribution < 1.29 is 49.1 Å². The Morgan fingerprint density at radius 3 is 1.15 bits per heavy atom. The zero-order valence-corrected chi connectivity index (χ0v) is 14.4. The summed E-state index contributed by atoms with van der Waals surface area (Å²) >= 11 is 0. The fourth-order valence-corrected chi connectivity index (χ4v) is 1.07. The number of carbonyl (C=O) groups is 4. The minimum Gasteiger partial charge on any atom is -0.508 e. The molecule has 0 aromatic heterocycles. The van der Waals surface area contributed by atoms with Crippen molar-refractivity contribution in [3.8, 4) is 11.5 Å². The second-order valence-electron chi connectivity index (χ2n) is 4.46. The van der Waals surface area contributed by atoms with Gasteiger partial charge in [-0.1, -0.05) is 0 Å². The third-order valence-corrected chi connectivity index (χ3v) is 2.39. The van der Waals surface area contributed by atoms with Gasteiger partial charge < -0.3 is 29.9 Å². The minimum atomic E-state index is -0.986. The Morgan fingerprint density at radius 2 is 0.962 bits per heavy atom. The highest BCUT2D eigenvalue weighted by Crippen LogP contribution is 2.13. The number of aliphatic carboxylic acids is 2. The van der Waals surface area contributed by atoms with Gasteiger partial charge in [-0.2, -0.15) is 0 Å². The second kappa shape index (κ2) is 15.2. The lowest BCUT2D eigenvalue weighted by molar-refractivity contribution is -0.145. The van der Waals surface area contributed by atoms with E-state index in [1.54, 1.807) is 0 Å². The van der Waals surface area contributed by atoms with E-state index in [0.29, 0.717) is 0 Å². The molecule has 10 heteroatoms. The zero-order valence-electron chi connectivity index (χ0n) is 14.4. The van der Waals surface area contributed by atoms with E-state index in [4.69, 9.17) is 20.4 Å². The summed E-state index contributed by atoms with van der Waals surface area (Å²) in [4.78, 5) is 40.1. The third kappa shape index (κ3) is 18.7. The zero-order chi connectivity index (χ0) is 20.5. The number of benzene rings is 1. The van der Waals surface area contributed by atoms with Gasteiger partial charge in [0.15, 0.2) is 0 Å². The Hall–Kier alpha value is -3.30. The van der Waals surface area contributed by atoms with Crippen LogP contribution < -0.4 is 0 Å². The molecule has 0 unspecified atom stereocenters. The van der Waals surface area contributed by atoms with E-state index in [1.165, 1.54) is 38.5 Å². The number of methoxy groups -OCH3 is 2. The maximum atomic E-state index is 10.2. The monoisotopic (exact) mass is 374 g/mol. The van der Waals surface area contributed by atoms with Gasteiger partial charge in [-0.25, -0.2) is 0 Å². The summed E-state index contributed by atoms with van der Waals surface area (Å²) in [6.07, 6.45) is -0.420. The molecule has 0 heterocycles. The third-order valence-electron chi connectivity index (χ3n) is 2.39. The van der Waals surface area contributed by atoms with Crippen molar-refractivity contribution in [1.82, 2.24) is 0 Å².